The number of nitrogens with one attached hydrogen (secondary N) is 1. The van der Waals surface area contributed by atoms with Gasteiger partial charge in [0.05, 0.1) is 4.92 Å². The van der Waals surface area contributed by atoms with Gasteiger partial charge in [-0.3, -0.25) is 10.1 Å². The van der Waals surface area contributed by atoms with Crippen LogP contribution in [0, 0.1) is 23.0 Å². The molecule has 0 aliphatic carbocycles. The molecule has 1 N–H and O–H groups in total. The maximum atomic E-state index is 10.9. The highest BCUT2D eigenvalue weighted by Crippen LogP contribution is 2.25. The van der Waals surface area contributed by atoms with E-state index in [0.717, 1.165) is 37.4 Å². The second-order valence-corrected chi connectivity index (χ2v) is 5.48. The van der Waals surface area contributed by atoms with Crippen LogP contribution in [0.5, 0.6) is 0 Å². The molecule has 0 amide bonds. The number of benzene rings is 1. The van der Waals surface area contributed by atoms with Gasteiger partial charge in [-0.2, -0.15) is 0 Å². The van der Waals surface area contributed by atoms with Crippen LogP contribution in [0.3, 0.4) is 0 Å². The highest BCUT2D eigenvalue weighted by molar-refractivity contribution is 5.55. The molecule has 1 aromatic carbocycles. The van der Waals surface area contributed by atoms with Gasteiger partial charge >= 0.3 is 0 Å². The molecule has 1 fully saturated rings. The number of piperidine rings is 1. The maximum absolute atomic E-state index is 10.9. The minimum Gasteiger partial charge on any atom is -0.371 e. The van der Waals surface area contributed by atoms with E-state index in [4.69, 9.17) is 0 Å². The summed E-state index contributed by atoms with van der Waals surface area (Å²) in [6, 6.07) is 5.41. The van der Waals surface area contributed by atoms with Crippen LogP contribution in [-0.4, -0.2) is 31.1 Å². The van der Waals surface area contributed by atoms with Gasteiger partial charge in [0, 0.05) is 30.4 Å². The van der Waals surface area contributed by atoms with Crippen molar-refractivity contribution in [2.75, 3.05) is 31.1 Å². The lowest BCUT2D eigenvalue weighted by Crippen LogP contribution is -2.38. The van der Waals surface area contributed by atoms with Crippen LogP contribution in [0.4, 0.5) is 11.4 Å². The molecular formula is C15H23N3O2. The van der Waals surface area contributed by atoms with Gasteiger partial charge in [-0.1, -0.05) is 0 Å². The summed E-state index contributed by atoms with van der Waals surface area (Å²) in [5, 5.41) is 14.3. The molecule has 1 atom stereocenters. The minimum atomic E-state index is -0.319. The van der Waals surface area contributed by atoms with E-state index in [1.807, 2.05) is 12.1 Å². The quantitative estimate of drug-likeness (QED) is 0.664. The Bertz CT molecular complexity index is 470. The van der Waals surface area contributed by atoms with Crippen molar-refractivity contribution >= 4 is 11.4 Å². The van der Waals surface area contributed by atoms with E-state index in [-0.39, 0.29) is 10.6 Å². The Kier molecular flexibility index (Phi) is 4.95. The molecule has 0 bridgehead atoms. The monoisotopic (exact) mass is 277 g/mol. The van der Waals surface area contributed by atoms with E-state index in [1.165, 1.54) is 12.8 Å². The zero-order valence-electron chi connectivity index (χ0n) is 12.3. The van der Waals surface area contributed by atoms with E-state index >= 15 is 0 Å². The first-order valence-electron chi connectivity index (χ1n) is 7.32. The summed E-state index contributed by atoms with van der Waals surface area (Å²) in [6.45, 7) is 8.07. The lowest BCUT2D eigenvalue weighted by Gasteiger charge is -2.31. The van der Waals surface area contributed by atoms with Crippen molar-refractivity contribution < 1.29 is 4.92 Å². The molecule has 0 aromatic heterocycles. The maximum Gasteiger partial charge on any atom is 0.272 e. The summed E-state index contributed by atoms with van der Waals surface area (Å²) < 4.78 is 0. The molecule has 5 nitrogen and oxygen atoms in total. The first-order valence-corrected chi connectivity index (χ1v) is 7.32. The molecule has 0 saturated carbocycles. The average molecular weight is 277 g/mol. The molecule has 1 unspecified atom stereocenters. The first-order chi connectivity index (χ1) is 9.61. The number of nitrogens with zero attached hydrogens (tertiary/aromatic N) is 2. The van der Waals surface area contributed by atoms with Crippen LogP contribution < -0.4 is 10.2 Å². The number of hydrogen-bond donors (Lipinski definition) is 1. The number of nitro benzene ring substituents is 1. The van der Waals surface area contributed by atoms with Crippen molar-refractivity contribution in [3.05, 3.63) is 33.9 Å². The fourth-order valence-corrected chi connectivity index (χ4v) is 2.85. The molecule has 1 heterocycles. The topological polar surface area (TPSA) is 58.4 Å². The van der Waals surface area contributed by atoms with Crippen molar-refractivity contribution in [3.8, 4) is 0 Å². The largest absolute Gasteiger partial charge is 0.371 e. The average Bonchev–Trinajstić information content (AvgIpc) is 2.45. The van der Waals surface area contributed by atoms with Crippen LogP contribution >= 0.6 is 0 Å². The number of aryl methyl sites for hydroxylation is 1. The molecule has 0 radical (unpaired) electrons. The Hall–Kier alpha value is -1.62. The molecule has 5 heteroatoms. The van der Waals surface area contributed by atoms with Gasteiger partial charge in [0.25, 0.3) is 5.69 Å². The molecule has 110 valence electrons. The van der Waals surface area contributed by atoms with Gasteiger partial charge in [0.2, 0.25) is 0 Å². The van der Waals surface area contributed by atoms with E-state index < -0.39 is 0 Å². The van der Waals surface area contributed by atoms with Gasteiger partial charge in [-0.25, -0.2) is 0 Å². The summed E-state index contributed by atoms with van der Waals surface area (Å²) in [6.07, 6.45) is 2.50. The Balaban J connectivity index is 2.10. The van der Waals surface area contributed by atoms with Gasteiger partial charge in [-0.05, 0) is 57.8 Å². The van der Waals surface area contributed by atoms with Crippen molar-refractivity contribution in [2.45, 2.75) is 26.7 Å². The van der Waals surface area contributed by atoms with E-state index in [1.54, 1.807) is 13.0 Å². The SMILES string of the molecule is CCN(CC1CCCNC1)c1ccc([N+](=O)[O-])c(C)c1. The second kappa shape index (κ2) is 6.70. The summed E-state index contributed by atoms with van der Waals surface area (Å²) in [4.78, 5) is 12.9. The Morgan fingerprint density at radius 1 is 1.50 bits per heavy atom. The molecule has 2 rings (SSSR count). The van der Waals surface area contributed by atoms with Gasteiger partial charge in [0.1, 0.15) is 0 Å². The number of nitro groups is 1. The van der Waals surface area contributed by atoms with Crippen molar-refractivity contribution in [1.29, 1.82) is 0 Å². The molecule has 20 heavy (non-hydrogen) atoms. The number of hydrogen-bond acceptors (Lipinski definition) is 4. The molecule has 1 aliphatic rings. The van der Waals surface area contributed by atoms with Gasteiger partial charge < -0.3 is 10.2 Å². The van der Waals surface area contributed by atoms with Crippen LogP contribution in [0.1, 0.15) is 25.3 Å². The molecule has 1 aliphatic heterocycles. The molecular weight excluding hydrogens is 254 g/mol. The summed E-state index contributed by atoms with van der Waals surface area (Å²) in [5.41, 5.74) is 2.01. The van der Waals surface area contributed by atoms with Crippen LogP contribution in [0.25, 0.3) is 0 Å². The van der Waals surface area contributed by atoms with E-state index in [9.17, 15) is 10.1 Å². The fourth-order valence-electron chi connectivity index (χ4n) is 2.85. The third-order valence-electron chi connectivity index (χ3n) is 4.00. The predicted molar refractivity (Wildman–Crippen MR) is 81.3 cm³/mol. The Morgan fingerprint density at radius 3 is 2.85 bits per heavy atom. The zero-order chi connectivity index (χ0) is 14.5. The highest BCUT2D eigenvalue weighted by atomic mass is 16.6. The van der Waals surface area contributed by atoms with Crippen molar-refractivity contribution in [2.24, 2.45) is 5.92 Å². The van der Waals surface area contributed by atoms with E-state index in [2.05, 4.69) is 17.1 Å². The molecule has 1 aromatic rings. The lowest BCUT2D eigenvalue weighted by atomic mass is 9.98. The highest BCUT2D eigenvalue weighted by Gasteiger charge is 2.18. The van der Waals surface area contributed by atoms with Crippen molar-refractivity contribution in [1.82, 2.24) is 5.32 Å². The minimum absolute atomic E-state index is 0.198. The summed E-state index contributed by atoms with van der Waals surface area (Å²) in [5.74, 6) is 0.666. The van der Waals surface area contributed by atoms with Crippen LogP contribution in [0.2, 0.25) is 0 Å². The second-order valence-electron chi connectivity index (χ2n) is 5.48. The summed E-state index contributed by atoms with van der Waals surface area (Å²) >= 11 is 0. The third kappa shape index (κ3) is 3.48. The first kappa shape index (κ1) is 14.8. The third-order valence-corrected chi connectivity index (χ3v) is 4.00. The van der Waals surface area contributed by atoms with E-state index in [0.29, 0.717) is 5.92 Å². The fraction of sp³-hybridized carbons (Fsp3) is 0.600. The zero-order valence-corrected chi connectivity index (χ0v) is 12.3. The normalized spacial score (nSPS) is 18.8. The van der Waals surface area contributed by atoms with Gasteiger partial charge in [-0.15, -0.1) is 0 Å². The number of anilines is 1. The Morgan fingerprint density at radius 2 is 2.30 bits per heavy atom. The lowest BCUT2D eigenvalue weighted by molar-refractivity contribution is -0.385. The van der Waals surface area contributed by atoms with Gasteiger partial charge in [0.15, 0.2) is 0 Å². The standard InChI is InChI=1S/C15H23N3O2/c1-3-17(11-13-5-4-8-16-10-13)14-6-7-15(18(19)20)12(2)9-14/h6-7,9,13,16H,3-5,8,10-11H2,1-2H3. The molecule has 0 spiro atoms. The Labute approximate surface area is 120 Å². The number of rotatable bonds is 5. The smallest absolute Gasteiger partial charge is 0.272 e. The predicted octanol–water partition coefficient (Wildman–Crippen LogP) is 2.73. The summed E-state index contributed by atoms with van der Waals surface area (Å²) in [7, 11) is 0. The van der Waals surface area contributed by atoms with Crippen LogP contribution in [-0.2, 0) is 0 Å². The van der Waals surface area contributed by atoms with Crippen molar-refractivity contribution in [3.63, 3.8) is 0 Å². The van der Waals surface area contributed by atoms with Crippen LogP contribution in [0.15, 0.2) is 18.2 Å². The molecule has 1 saturated heterocycles.